The van der Waals surface area contributed by atoms with Crippen molar-refractivity contribution >= 4 is 18.2 Å². The Morgan fingerprint density at radius 2 is 1.65 bits per heavy atom. The van der Waals surface area contributed by atoms with Gasteiger partial charge in [0.2, 0.25) is 5.91 Å². The van der Waals surface area contributed by atoms with E-state index in [2.05, 4.69) is 5.32 Å². The predicted octanol–water partition coefficient (Wildman–Crippen LogP) is -3.21. The first-order valence-corrected chi connectivity index (χ1v) is 5.57. The molecule has 0 saturated carbocycles. The Balaban J connectivity index is 0. The SMILES string of the molecule is O=CCCCCCCCC(=O)NCC(=O)[O-].[K+]. The number of carboxylic acids is 1. The van der Waals surface area contributed by atoms with Crippen LogP contribution in [0.5, 0.6) is 0 Å². The third-order valence-electron chi connectivity index (χ3n) is 2.16. The summed E-state index contributed by atoms with van der Waals surface area (Å²) in [6, 6.07) is 0. The van der Waals surface area contributed by atoms with Crippen LogP contribution in [0.4, 0.5) is 0 Å². The second kappa shape index (κ2) is 14.3. The molecule has 6 heteroatoms. The quantitative estimate of drug-likeness (QED) is 0.256. The molecule has 0 aromatic rings. The molecule has 0 rings (SSSR count). The number of aliphatic carboxylic acids is 1. The Labute approximate surface area is 144 Å². The standard InChI is InChI=1S/C11H19NO4.K/c13-8-6-4-2-1-3-5-7-10(14)12-9-11(15)16;/h8H,1-7,9H2,(H,12,14)(H,15,16);/q;+1/p-1. The first-order chi connectivity index (χ1) is 7.66. The fourth-order valence-corrected chi connectivity index (χ4v) is 1.30. The van der Waals surface area contributed by atoms with Gasteiger partial charge in [-0.1, -0.05) is 19.3 Å². The van der Waals surface area contributed by atoms with Crippen LogP contribution in [-0.2, 0) is 14.4 Å². The molecule has 1 amide bonds. The zero-order chi connectivity index (χ0) is 12.2. The van der Waals surface area contributed by atoms with Crippen LogP contribution >= 0.6 is 0 Å². The van der Waals surface area contributed by atoms with Crippen LogP contribution in [0.25, 0.3) is 0 Å². The summed E-state index contributed by atoms with van der Waals surface area (Å²) in [5.41, 5.74) is 0. The first kappa shape index (κ1) is 19.6. The van der Waals surface area contributed by atoms with E-state index >= 15 is 0 Å². The van der Waals surface area contributed by atoms with E-state index in [-0.39, 0.29) is 57.3 Å². The van der Waals surface area contributed by atoms with Crippen molar-refractivity contribution in [3.63, 3.8) is 0 Å². The molecule has 17 heavy (non-hydrogen) atoms. The van der Waals surface area contributed by atoms with E-state index in [4.69, 9.17) is 0 Å². The van der Waals surface area contributed by atoms with Crippen LogP contribution < -0.4 is 61.8 Å². The van der Waals surface area contributed by atoms with Crippen LogP contribution in [0.3, 0.4) is 0 Å². The Morgan fingerprint density at radius 1 is 1.06 bits per heavy atom. The third kappa shape index (κ3) is 16.2. The Morgan fingerprint density at radius 3 is 2.24 bits per heavy atom. The number of unbranched alkanes of at least 4 members (excludes halogenated alkanes) is 5. The fraction of sp³-hybridized carbons (Fsp3) is 0.727. The maximum Gasteiger partial charge on any atom is 1.00 e. The van der Waals surface area contributed by atoms with Crippen molar-refractivity contribution in [2.45, 2.75) is 44.9 Å². The van der Waals surface area contributed by atoms with Gasteiger partial charge in [-0.15, -0.1) is 0 Å². The van der Waals surface area contributed by atoms with Gasteiger partial charge in [-0.3, -0.25) is 4.79 Å². The van der Waals surface area contributed by atoms with Crippen LogP contribution in [0.2, 0.25) is 0 Å². The van der Waals surface area contributed by atoms with Crippen molar-refractivity contribution in [1.82, 2.24) is 5.32 Å². The number of carboxylic acid groups (broad SMARTS) is 1. The Kier molecular flexibility index (Phi) is 16.5. The average Bonchev–Trinajstić information content (AvgIpc) is 2.25. The number of amides is 1. The molecule has 0 radical (unpaired) electrons. The normalized spacial score (nSPS) is 9.18. The van der Waals surface area contributed by atoms with Gasteiger partial charge in [-0.2, -0.15) is 0 Å². The summed E-state index contributed by atoms with van der Waals surface area (Å²) in [5, 5.41) is 12.3. The smallest absolute Gasteiger partial charge is 0.548 e. The van der Waals surface area contributed by atoms with Crippen LogP contribution in [0.15, 0.2) is 0 Å². The maximum atomic E-state index is 11.0. The van der Waals surface area contributed by atoms with E-state index in [1.807, 2.05) is 0 Å². The number of carbonyl (C=O) groups excluding carboxylic acids is 3. The van der Waals surface area contributed by atoms with Gasteiger partial charge in [0.25, 0.3) is 0 Å². The van der Waals surface area contributed by atoms with E-state index in [1.54, 1.807) is 0 Å². The van der Waals surface area contributed by atoms with Crippen molar-refractivity contribution in [2.75, 3.05) is 6.54 Å². The van der Waals surface area contributed by atoms with Gasteiger partial charge in [-0.25, -0.2) is 0 Å². The van der Waals surface area contributed by atoms with Gasteiger partial charge in [0.05, 0.1) is 12.5 Å². The second-order valence-corrected chi connectivity index (χ2v) is 3.62. The van der Waals surface area contributed by atoms with Crippen molar-refractivity contribution in [3.05, 3.63) is 0 Å². The van der Waals surface area contributed by atoms with Crippen LogP contribution in [-0.4, -0.2) is 24.7 Å². The van der Waals surface area contributed by atoms with E-state index in [0.717, 1.165) is 38.4 Å². The molecule has 0 atom stereocenters. The average molecular weight is 267 g/mol. The Bertz CT molecular complexity index is 234. The number of aldehydes is 1. The predicted molar refractivity (Wildman–Crippen MR) is 56.4 cm³/mol. The van der Waals surface area contributed by atoms with Crippen molar-refractivity contribution < 1.29 is 70.9 Å². The van der Waals surface area contributed by atoms with Gasteiger partial charge >= 0.3 is 51.4 Å². The molecule has 0 heterocycles. The topological polar surface area (TPSA) is 86.3 Å². The molecule has 0 saturated heterocycles. The second-order valence-electron chi connectivity index (χ2n) is 3.62. The fourth-order valence-electron chi connectivity index (χ4n) is 1.30. The van der Waals surface area contributed by atoms with Gasteiger partial charge < -0.3 is 20.0 Å². The molecule has 1 N–H and O–H groups in total. The van der Waals surface area contributed by atoms with Gasteiger partial charge in [0.15, 0.2) is 0 Å². The minimum Gasteiger partial charge on any atom is -0.548 e. The zero-order valence-corrected chi connectivity index (χ0v) is 13.5. The maximum absolute atomic E-state index is 11.0. The molecule has 0 spiro atoms. The number of carbonyl (C=O) groups is 3. The van der Waals surface area contributed by atoms with Gasteiger partial charge in [0, 0.05) is 12.8 Å². The molecule has 0 unspecified atom stereocenters. The van der Waals surface area contributed by atoms with E-state index in [9.17, 15) is 19.5 Å². The summed E-state index contributed by atoms with van der Waals surface area (Å²) < 4.78 is 0. The summed E-state index contributed by atoms with van der Waals surface area (Å²) in [6.45, 7) is -0.418. The molecule has 0 bridgehead atoms. The minimum atomic E-state index is -1.28. The zero-order valence-electron chi connectivity index (χ0n) is 10.4. The number of hydrogen-bond donors (Lipinski definition) is 1. The van der Waals surface area contributed by atoms with E-state index in [0.29, 0.717) is 12.8 Å². The van der Waals surface area contributed by atoms with Crippen molar-refractivity contribution in [3.8, 4) is 0 Å². The van der Waals surface area contributed by atoms with E-state index < -0.39 is 12.5 Å². The molecule has 0 aromatic carbocycles. The van der Waals surface area contributed by atoms with Crippen molar-refractivity contribution in [2.24, 2.45) is 0 Å². The molecular weight excluding hydrogens is 249 g/mol. The summed E-state index contributed by atoms with van der Waals surface area (Å²) in [5.74, 6) is -1.53. The van der Waals surface area contributed by atoms with Crippen LogP contribution in [0, 0.1) is 0 Å². The van der Waals surface area contributed by atoms with Crippen molar-refractivity contribution in [1.29, 1.82) is 0 Å². The molecule has 0 aliphatic carbocycles. The third-order valence-corrected chi connectivity index (χ3v) is 2.16. The summed E-state index contributed by atoms with van der Waals surface area (Å²) in [7, 11) is 0. The van der Waals surface area contributed by atoms with E-state index in [1.165, 1.54) is 0 Å². The largest absolute Gasteiger partial charge is 1.00 e. The summed E-state index contributed by atoms with van der Waals surface area (Å²) in [6.07, 6.45) is 6.44. The Hall–Kier alpha value is 0.246. The number of nitrogens with one attached hydrogen (secondary N) is 1. The first-order valence-electron chi connectivity index (χ1n) is 5.57. The molecular formula is C11H18KNO4. The molecule has 5 nitrogen and oxygen atoms in total. The number of hydrogen-bond acceptors (Lipinski definition) is 4. The van der Waals surface area contributed by atoms with Gasteiger partial charge in [0.1, 0.15) is 6.29 Å². The molecule has 0 aliphatic heterocycles. The van der Waals surface area contributed by atoms with Gasteiger partial charge in [-0.05, 0) is 12.8 Å². The molecule has 0 fully saturated rings. The summed E-state index contributed by atoms with van der Waals surface area (Å²) >= 11 is 0. The minimum absolute atomic E-state index is 0. The summed E-state index contributed by atoms with van der Waals surface area (Å²) in [4.78, 5) is 31.1. The molecule has 0 aliphatic rings. The molecule has 0 aromatic heterocycles. The number of rotatable bonds is 10. The molecule has 92 valence electrons. The monoisotopic (exact) mass is 267 g/mol. The van der Waals surface area contributed by atoms with Crippen LogP contribution in [0.1, 0.15) is 44.9 Å².